The highest BCUT2D eigenvalue weighted by Gasteiger charge is 2.49. The van der Waals surface area contributed by atoms with Gasteiger partial charge in [0.1, 0.15) is 0 Å². The molecule has 0 saturated heterocycles. The van der Waals surface area contributed by atoms with E-state index < -0.39 is 8.07 Å². The molecule has 0 fully saturated rings. The first-order valence-electron chi connectivity index (χ1n) is 25.5. The molecular formula is C70H48BNSi. The van der Waals surface area contributed by atoms with Crippen LogP contribution in [0, 0.1) is 0 Å². The number of benzene rings is 12. The molecule has 2 aliphatic rings. The van der Waals surface area contributed by atoms with Crippen molar-refractivity contribution in [3.63, 3.8) is 0 Å². The van der Waals surface area contributed by atoms with E-state index in [1.165, 1.54) is 115 Å². The Morgan fingerprint density at radius 3 is 1.25 bits per heavy atom. The standard InChI is InChI=1S/C70H48BNSi/c1-7-26-49(27-8-1)56-40-25-41-59-68-66(51-30-11-3-12-31-51)57-38-19-20-39-58(57)67(52-32-13-4-14-33-52)70(68)71(69(56)59)53-46-47-61(60(48-53)50-28-9-2-10-29-50)72-62-42-21-23-44-64(62)73(54-34-15-5-16-35-54,55-36-17-6-18-37-55)65-45-24-22-43-63(65)72/h1-48H. The number of rotatable bonds is 8. The van der Waals surface area contributed by atoms with Crippen LogP contribution < -0.4 is 42.0 Å². The van der Waals surface area contributed by atoms with E-state index in [1.54, 1.807) is 0 Å². The van der Waals surface area contributed by atoms with Crippen molar-refractivity contribution < 1.29 is 0 Å². The highest BCUT2D eigenvalue weighted by molar-refractivity contribution is 7.21. The molecule has 0 saturated carbocycles. The van der Waals surface area contributed by atoms with E-state index in [9.17, 15) is 0 Å². The summed E-state index contributed by atoms with van der Waals surface area (Å²) in [5.74, 6) is 0. The Morgan fingerprint density at radius 1 is 0.274 bits per heavy atom. The van der Waals surface area contributed by atoms with Crippen molar-refractivity contribution in [3.05, 3.63) is 291 Å². The van der Waals surface area contributed by atoms with Gasteiger partial charge < -0.3 is 4.90 Å². The molecule has 0 spiro atoms. The number of hydrogen-bond acceptors (Lipinski definition) is 1. The van der Waals surface area contributed by atoms with E-state index in [0.29, 0.717) is 0 Å². The molecule has 0 bridgehead atoms. The first-order chi connectivity index (χ1) is 36.3. The number of para-hydroxylation sites is 2. The van der Waals surface area contributed by atoms with Gasteiger partial charge in [-0.3, -0.25) is 0 Å². The van der Waals surface area contributed by atoms with Crippen LogP contribution in [-0.2, 0) is 0 Å². The first kappa shape index (κ1) is 42.8. The summed E-state index contributed by atoms with van der Waals surface area (Å²) in [6.07, 6.45) is 0. The minimum absolute atomic E-state index is 0.114. The van der Waals surface area contributed by atoms with Crippen LogP contribution in [0.4, 0.5) is 17.1 Å². The van der Waals surface area contributed by atoms with Gasteiger partial charge in [-0.25, -0.2) is 0 Å². The topological polar surface area (TPSA) is 3.24 Å². The summed E-state index contributed by atoms with van der Waals surface area (Å²) in [4.78, 5) is 2.58. The molecule has 0 aromatic heterocycles. The Hall–Kier alpha value is -9.02. The van der Waals surface area contributed by atoms with Gasteiger partial charge in [0.15, 0.2) is 8.07 Å². The molecule has 12 aromatic rings. The van der Waals surface area contributed by atoms with E-state index >= 15 is 0 Å². The molecule has 12 aromatic carbocycles. The maximum atomic E-state index is 2.58. The van der Waals surface area contributed by atoms with E-state index in [2.05, 4.69) is 296 Å². The van der Waals surface area contributed by atoms with Crippen LogP contribution in [0.15, 0.2) is 291 Å². The zero-order valence-electron chi connectivity index (χ0n) is 40.2. The van der Waals surface area contributed by atoms with Gasteiger partial charge in [0.05, 0.1) is 5.69 Å². The molecule has 340 valence electrons. The quantitative estimate of drug-likeness (QED) is 0.137. The zero-order valence-corrected chi connectivity index (χ0v) is 41.2. The lowest BCUT2D eigenvalue weighted by atomic mass is 9.37. The Labute approximate surface area is 429 Å². The predicted molar refractivity (Wildman–Crippen MR) is 314 cm³/mol. The fourth-order valence-corrected chi connectivity index (χ4v) is 17.8. The van der Waals surface area contributed by atoms with Crippen molar-refractivity contribution in [2.24, 2.45) is 0 Å². The van der Waals surface area contributed by atoms with E-state index in [-0.39, 0.29) is 6.71 Å². The van der Waals surface area contributed by atoms with Gasteiger partial charge >= 0.3 is 0 Å². The molecular weight excluding hydrogens is 894 g/mol. The highest BCUT2D eigenvalue weighted by Crippen LogP contribution is 2.47. The van der Waals surface area contributed by atoms with E-state index in [1.807, 2.05) is 0 Å². The van der Waals surface area contributed by atoms with Crippen molar-refractivity contribution in [1.82, 2.24) is 0 Å². The number of nitrogens with zero attached hydrogens (tertiary/aromatic N) is 1. The minimum Gasteiger partial charge on any atom is -0.310 e. The van der Waals surface area contributed by atoms with Gasteiger partial charge in [-0.2, -0.15) is 0 Å². The molecule has 0 amide bonds. The maximum Gasteiger partial charge on any atom is 0.244 e. The molecule has 0 radical (unpaired) electrons. The summed E-state index contributed by atoms with van der Waals surface area (Å²) < 4.78 is 0. The van der Waals surface area contributed by atoms with Gasteiger partial charge in [-0.05, 0) is 99.8 Å². The average molecular weight is 942 g/mol. The normalized spacial score (nSPS) is 13.0. The van der Waals surface area contributed by atoms with Crippen molar-refractivity contribution >= 4 is 79.8 Å². The van der Waals surface area contributed by atoms with Crippen LogP contribution >= 0.6 is 0 Å². The van der Waals surface area contributed by atoms with Gasteiger partial charge in [-0.15, -0.1) is 0 Å². The van der Waals surface area contributed by atoms with Gasteiger partial charge in [0.2, 0.25) is 6.71 Å². The highest BCUT2D eigenvalue weighted by atomic mass is 28.3. The third-order valence-corrected chi connectivity index (χ3v) is 20.5. The largest absolute Gasteiger partial charge is 0.310 e. The summed E-state index contributed by atoms with van der Waals surface area (Å²) in [7, 11) is -2.83. The Bertz CT molecular complexity index is 3920. The Balaban J connectivity index is 1.09. The molecule has 0 aliphatic carbocycles. The Kier molecular flexibility index (Phi) is 10.4. The van der Waals surface area contributed by atoms with Crippen LogP contribution in [0.3, 0.4) is 0 Å². The molecule has 2 aliphatic heterocycles. The van der Waals surface area contributed by atoms with Crippen molar-refractivity contribution in [2.75, 3.05) is 4.90 Å². The monoisotopic (exact) mass is 941 g/mol. The minimum atomic E-state index is -2.83. The molecule has 14 rings (SSSR count). The van der Waals surface area contributed by atoms with Gasteiger partial charge in [-0.1, -0.05) is 289 Å². The fraction of sp³-hybridized carbons (Fsp3) is 0. The second kappa shape index (κ2) is 17.7. The second-order valence-corrected chi connectivity index (χ2v) is 23.1. The Morgan fingerprint density at radius 2 is 0.699 bits per heavy atom. The van der Waals surface area contributed by atoms with E-state index in [0.717, 1.165) is 5.69 Å². The summed E-state index contributed by atoms with van der Waals surface area (Å²) >= 11 is 0. The molecule has 0 unspecified atom stereocenters. The summed E-state index contributed by atoms with van der Waals surface area (Å²) in [5, 5.41) is 8.04. The lowest BCUT2D eigenvalue weighted by Crippen LogP contribution is -2.77. The van der Waals surface area contributed by atoms with Crippen molar-refractivity contribution in [2.45, 2.75) is 0 Å². The third-order valence-electron chi connectivity index (χ3n) is 15.6. The van der Waals surface area contributed by atoms with E-state index in [4.69, 9.17) is 0 Å². The summed E-state index contributed by atoms with van der Waals surface area (Å²) in [6, 6.07) is 109. The lowest BCUT2D eigenvalue weighted by molar-refractivity contribution is 1.29. The fourth-order valence-electron chi connectivity index (χ4n) is 12.7. The lowest BCUT2D eigenvalue weighted by Gasteiger charge is -2.45. The number of anilines is 3. The molecule has 1 nitrogen and oxygen atoms in total. The third kappa shape index (κ3) is 6.70. The SMILES string of the molecule is c1ccc(-c2cc(B3c4c(-c5ccccc5)cccc4-c4c3c(-c3ccccc3)c3ccccc3c4-c3ccccc3)ccc2N2c3ccccc3[Si](c3ccccc3)(c3ccccc3)c3ccccc32)cc1. The van der Waals surface area contributed by atoms with Crippen molar-refractivity contribution in [1.29, 1.82) is 0 Å². The zero-order chi connectivity index (χ0) is 48.3. The van der Waals surface area contributed by atoms with Gasteiger partial charge in [0, 0.05) is 16.9 Å². The molecule has 73 heavy (non-hydrogen) atoms. The second-order valence-electron chi connectivity index (χ2n) is 19.4. The predicted octanol–water partition coefficient (Wildman–Crippen LogP) is 13.2. The van der Waals surface area contributed by atoms with Crippen LogP contribution in [0.25, 0.3) is 66.4 Å². The smallest absolute Gasteiger partial charge is 0.244 e. The average Bonchev–Trinajstić information content (AvgIpc) is 3.84. The molecule has 3 heteroatoms. The summed E-state index contributed by atoms with van der Waals surface area (Å²) in [5.41, 5.74) is 20.0. The first-order valence-corrected chi connectivity index (χ1v) is 27.5. The van der Waals surface area contributed by atoms with Crippen LogP contribution in [0.5, 0.6) is 0 Å². The maximum absolute atomic E-state index is 2.83. The van der Waals surface area contributed by atoms with Crippen molar-refractivity contribution in [3.8, 4) is 55.6 Å². The van der Waals surface area contributed by atoms with Crippen LogP contribution in [-0.4, -0.2) is 14.8 Å². The van der Waals surface area contributed by atoms with Crippen LogP contribution in [0.1, 0.15) is 0 Å². The van der Waals surface area contributed by atoms with Gasteiger partial charge in [0.25, 0.3) is 0 Å². The number of fused-ring (bicyclic) bond motifs is 6. The van der Waals surface area contributed by atoms with Crippen LogP contribution in [0.2, 0.25) is 0 Å². The summed E-state index contributed by atoms with van der Waals surface area (Å²) in [6.45, 7) is -0.114. The molecule has 2 heterocycles. The number of hydrogen-bond donors (Lipinski definition) is 0. The molecule has 0 atom stereocenters. The molecule has 0 N–H and O–H groups in total.